The SMILES string of the molecule is O=C(CSc1nc(-c2ccc(F)cc2)[nH]c1-c1ccccc1)NCc1ccco1. The number of carbonyl (C=O) groups excluding carboxylic acids is 1. The third-order valence-electron chi connectivity index (χ3n) is 4.23. The van der Waals surface area contributed by atoms with E-state index in [4.69, 9.17) is 4.42 Å². The third-order valence-corrected chi connectivity index (χ3v) is 5.21. The highest BCUT2D eigenvalue weighted by Crippen LogP contribution is 2.32. The second-order valence-corrected chi connectivity index (χ2v) is 7.25. The summed E-state index contributed by atoms with van der Waals surface area (Å²) in [5.41, 5.74) is 2.57. The minimum atomic E-state index is -0.300. The Morgan fingerprint density at radius 1 is 1.03 bits per heavy atom. The predicted molar refractivity (Wildman–Crippen MR) is 111 cm³/mol. The molecule has 0 unspecified atom stereocenters. The Morgan fingerprint density at radius 3 is 2.55 bits per heavy atom. The molecule has 146 valence electrons. The summed E-state index contributed by atoms with van der Waals surface area (Å²) in [5.74, 6) is 1.13. The van der Waals surface area contributed by atoms with Crippen molar-refractivity contribution < 1.29 is 13.6 Å². The van der Waals surface area contributed by atoms with Crippen molar-refractivity contribution in [3.63, 3.8) is 0 Å². The summed E-state index contributed by atoms with van der Waals surface area (Å²) in [4.78, 5) is 20.2. The quantitative estimate of drug-likeness (QED) is 0.428. The van der Waals surface area contributed by atoms with Crippen LogP contribution in [-0.2, 0) is 11.3 Å². The number of amides is 1. The standard InChI is InChI=1S/C22H18FN3O2S/c23-17-10-8-16(9-11-17)21-25-20(15-5-2-1-3-6-15)22(26-21)29-14-19(27)24-13-18-7-4-12-28-18/h1-12H,13-14H2,(H,24,27)(H,25,26). The van der Waals surface area contributed by atoms with Crippen LogP contribution in [0.4, 0.5) is 4.39 Å². The number of H-pyrrole nitrogens is 1. The summed E-state index contributed by atoms with van der Waals surface area (Å²) < 4.78 is 18.5. The molecule has 2 aromatic heterocycles. The number of thioether (sulfide) groups is 1. The molecule has 2 aromatic carbocycles. The molecule has 0 spiro atoms. The summed E-state index contributed by atoms with van der Waals surface area (Å²) in [6.45, 7) is 0.347. The highest BCUT2D eigenvalue weighted by atomic mass is 32.2. The Balaban J connectivity index is 1.52. The third kappa shape index (κ3) is 4.75. The first kappa shape index (κ1) is 19.0. The number of imidazole rings is 1. The number of hydrogen-bond donors (Lipinski definition) is 2. The van der Waals surface area contributed by atoms with Gasteiger partial charge in [0.05, 0.1) is 24.3 Å². The van der Waals surface area contributed by atoms with Gasteiger partial charge in [0.2, 0.25) is 5.91 Å². The van der Waals surface area contributed by atoms with Crippen molar-refractivity contribution >= 4 is 17.7 Å². The van der Waals surface area contributed by atoms with Crippen molar-refractivity contribution in [2.24, 2.45) is 0 Å². The van der Waals surface area contributed by atoms with Crippen molar-refractivity contribution in [1.82, 2.24) is 15.3 Å². The van der Waals surface area contributed by atoms with Gasteiger partial charge < -0.3 is 14.7 Å². The Kier molecular flexibility index (Phi) is 5.76. The lowest BCUT2D eigenvalue weighted by atomic mass is 10.2. The van der Waals surface area contributed by atoms with Crippen LogP contribution in [-0.4, -0.2) is 21.6 Å². The van der Waals surface area contributed by atoms with Gasteiger partial charge in [-0.25, -0.2) is 9.37 Å². The molecular weight excluding hydrogens is 389 g/mol. The second kappa shape index (κ2) is 8.79. The van der Waals surface area contributed by atoms with Crippen molar-refractivity contribution in [1.29, 1.82) is 0 Å². The molecule has 4 aromatic rings. The highest BCUT2D eigenvalue weighted by Gasteiger charge is 2.15. The minimum absolute atomic E-state index is 0.114. The smallest absolute Gasteiger partial charge is 0.230 e. The average molecular weight is 407 g/mol. The van der Waals surface area contributed by atoms with E-state index >= 15 is 0 Å². The zero-order valence-electron chi connectivity index (χ0n) is 15.4. The van der Waals surface area contributed by atoms with Crippen LogP contribution in [0.25, 0.3) is 22.6 Å². The first-order chi connectivity index (χ1) is 14.2. The summed E-state index contributed by atoms with van der Waals surface area (Å²) in [6.07, 6.45) is 1.57. The van der Waals surface area contributed by atoms with Crippen LogP contribution in [0.15, 0.2) is 82.4 Å². The van der Waals surface area contributed by atoms with Gasteiger partial charge in [0, 0.05) is 11.1 Å². The first-order valence-electron chi connectivity index (χ1n) is 9.02. The van der Waals surface area contributed by atoms with E-state index in [1.807, 2.05) is 36.4 Å². The van der Waals surface area contributed by atoms with Crippen LogP contribution in [0.1, 0.15) is 5.76 Å². The Labute approximate surface area is 171 Å². The highest BCUT2D eigenvalue weighted by molar-refractivity contribution is 8.00. The first-order valence-corrected chi connectivity index (χ1v) is 10.0. The fourth-order valence-corrected chi connectivity index (χ4v) is 3.63. The largest absolute Gasteiger partial charge is 0.467 e. The number of furan rings is 1. The lowest BCUT2D eigenvalue weighted by molar-refractivity contribution is -0.118. The molecule has 4 rings (SSSR count). The van der Waals surface area contributed by atoms with Crippen LogP contribution in [0.2, 0.25) is 0 Å². The van der Waals surface area contributed by atoms with Crippen LogP contribution >= 0.6 is 11.8 Å². The maximum absolute atomic E-state index is 13.3. The lowest BCUT2D eigenvalue weighted by Crippen LogP contribution is -2.24. The number of aromatic nitrogens is 2. The number of nitrogens with zero attached hydrogens (tertiary/aromatic N) is 1. The van der Waals surface area contributed by atoms with Gasteiger partial charge >= 0.3 is 0 Å². The van der Waals surface area contributed by atoms with E-state index < -0.39 is 0 Å². The maximum Gasteiger partial charge on any atom is 0.230 e. The summed E-state index contributed by atoms with van der Waals surface area (Å²) in [5, 5.41) is 3.54. The molecular formula is C22H18FN3O2S. The summed E-state index contributed by atoms with van der Waals surface area (Å²) in [6, 6.07) is 19.5. The van der Waals surface area contributed by atoms with Crippen LogP contribution in [0.5, 0.6) is 0 Å². The minimum Gasteiger partial charge on any atom is -0.467 e. The lowest BCUT2D eigenvalue weighted by Gasteiger charge is -2.04. The molecule has 29 heavy (non-hydrogen) atoms. The van der Waals surface area contributed by atoms with E-state index in [1.165, 1.54) is 23.9 Å². The van der Waals surface area contributed by atoms with Gasteiger partial charge in [-0.15, -0.1) is 0 Å². The van der Waals surface area contributed by atoms with Crippen molar-refractivity contribution in [2.45, 2.75) is 11.6 Å². The Bertz CT molecular complexity index is 1080. The average Bonchev–Trinajstić information content (AvgIpc) is 3.42. The molecule has 7 heteroatoms. The molecule has 0 fully saturated rings. The number of nitrogens with one attached hydrogen (secondary N) is 2. The number of hydrogen-bond acceptors (Lipinski definition) is 4. The van der Waals surface area contributed by atoms with Crippen LogP contribution in [0, 0.1) is 5.82 Å². The van der Waals surface area contributed by atoms with Gasteiger partial charge in [0.1, 0.15) is 22.4 Å². The van der Waals surface area contributed by atoms with Crippen molar-refractivity contribution in [3.8, 4) is 22.6 Å². The number of aromatic amines is 1. The molecule has 0 aliphatic carbocycles. The van der Waals surface area contributed by atoms with Crippen LogP contribution in [0.3, 0.4) is 0 Å². The van der Waals surface area contributed by atoms with Crippen LogP contribution < -0.4 is 5.32 Å². The summed E-state index contributed by atoms with van der Waals surface area (Å²) in [7, 11) is 0. The van der Waals surface area contributed by atoms with Gasteiger partial charge in [-0.2, -0.15) is 0 Å². The van der Waals surface area contributed by atoms with Gasteiger partial charge in [-0.3, -0.25) is 4.79 Å². The Morgan fingerprint density at radius 2 is 1.83 bits per heavy atom. The monoisotopic (exact) mass is 407 g/mol. The van der Waals surface area contributed by atoms with Gasteiger partial charge in [0.15, 0.2) is 0 Å². The molecule has 0 bridgehead atoms. The summed E-state index contributed by atoms with van der Waals surface area (Å²) >= 11 is 1.35. The number of halogens is 1. The molecule has 1 amide bonds. The van der Waals surface area contributed by atoms with Crippen molar-refractivity contribution in [3.05, 3.63) is 84.6 Å². The molecule has 0 aliphatic rings. The molecule has 0 atom stereocenters. The fourth-order valence-electron chi connectivity index (χ4n) is 2.79. The van der Waals surface area contributed by atoms with Gasteiger partial charge in [0.25, 0.3) is 0 Å². The maximum atomic E-state index is 13.3. The van der Waals surface area contributed by atoms with E-state index in [2.05, 4.69) is 15.3 Å². The molecule has 0 saturated carbocycles. The second-order valence-electron chi connectivity index (χ2n) is 6.28. The van der Waals surface area contributed by atoms with E-state index in [9.17, 15) is 9.18 Å². The zero-order chi connectivity index (χ0) is 20.1. The van der Waals surface area contributed by atoms with Gasteiger partial charge in [-0.05, 0) is 36.4 Å². The molecule has 0 saturated heterocycles. The fraction of sp³-hybridized carbons (Fsp3) is 0.0909. The molecule has 2 N–H and O–H groups in total. The topological polar surface area (TPSA) is 70.9 Å². The predicted octanol–water partition coefficient (Wildman–Crippen LogP) is 4.88. The van der Waals surface area contributed by atoms with E-state index in [-0.39, 0.29) is 17.5 Å². The number of rotatable bonds is 7. The van der Waals surface area contributed by atoms with Gasteiger partial charge in [-0.1, -0.05) is 42.1 Å². The molecule has 5 nitrogen and oxygen atoms in total. The van der Waals surface area contributed by atoms with E-state index in [0.29, 0.717) is 23.2 Å². The normalized spacial score (nSPS) is 10.8. The number of carbonyl (C=O) groups is 1. The Hall–Kier alpha value is -3.32. The molecule has 2 heterocycles. The van der Waals surface area contributed by atoms with Crippen molar-refractivity contribution in [2.75, 3.05) is 5.75 Å². The number of benzene rings is 2. The molecule has 0 radical (unpaired) electrons. The molecule has 0 aliphatic heterocycles. The zero-order valence-corrected chi connectivity index (χ0v) is 16.2. The van der Waals surface area contributed by atoms with E-state index in [1.54, 1.807) is 24.5 Å². The van der Waals surface area contributed by atoms with E-state index in [0.717, 1.165) is 16.8 Å².